The van der Waals surface area contributed by atoms with Gasteiger partial charge in [0.05, 0.1) is 0 Å². The van der Waals surface area contributed by atoms with Crippen LogP contribution in [0.3, 0.4) is 0 Å². The number of allylic oxidation sites excluding steroid dienone is 1. The van der Waals surface area contributed by atoms with Gasteiger partial charge in [-0.25, -0.2) is 4.98 Å². The van der Waals surface area contributed by atoms with E-state index in [0.29, 0.717) is 0 Å². The van der Waals surface area contributed by atoms with Crippen LogP contribution in [-0.2, 0) is 11.8 Å². The second-order valence-corrected chi connectivity index (χ2v) is 6.49. The number of fused-ring (bicyclic) bond motifs is 1. The van der Waals surface area contributed by atoms with E-state index in [2.05, 4.69) is 64.6 Å². The van der Waals surface area contributed by atoms with Gasteiger partial charge >= 0.3 is 0 Å². The number of nitrogens with one attached hydrogen (secondary N) is 1. The molecule has 0 saturated heterocycles. The Hall–Kier alpha value is -2.20. The van der Waals surface area contributed by atoms with E-state index in [1.165, 1.54) is 16.8 Å². The average molecular weight is 293 g/mol. The molecule has 0 spiro atoms. The fourth-order valence-electron chi connectivity index (χ4n) is 2.92. The van der Waals surface area contributed by atoms with Gasteiger partial charge in [0.2, 0.25) is 0 Å². The van der Waals surface area contributed by atoms with Gasteiger partial charge in [-0.3, -0.25) is 5.10 Å². The molecule has 0 fully saturated rings. The van der Waals surface area contributed by atoms with Crippen LogP contribution in [0, 0.1) is 0 Å². The molecule has 1 aromatic carbocycles. The molecule has 1 atom stereocenters. The molecule has 0 aliphatic heterocycles. The lowest BCUT2D eigenvalue weighted by Gasteiger charge is -2.29. The van der Waals surface area contributed by atoms with Crippen molar-refractivity contribution in [3.8, 4) is 10.7 Å². The monoisotopic (exact) mass is 293 g/mol. The Morgan fingerprint density at radius 1 is 1.24 bits per heavy atom. The van der Waals surface area contributed by atoms with Crippen molar-refractivity contribution in [2.75, 3.05) is 0 Å². The molecule has 1 N–H and O–H groups in total. The summed E-state index contributed by atoms with van der Waals surface area (Å²) in [6.45, 7) is 2.27. The zero-order chi connectivity index (χ0) is 14.3. The van der Waals surface area contributed by atoms with Crippen molar-refractivity contribution in [1.29, 1.82) is 0 Å². The molecule has 104 valence electrons. The predicted molar refractivity (Wildman–Crippen MR) is 86.2 cm³/mol. The molecule has 1 aliphatic carbocycles. The van der Waals surface area contributed by atoms with Crippen LogP contribution in [0.1, 0.15) is 23.7 Å². The molecular formula is C17H15N3S. The van der Waals surface area contributed by atoms with Crippen LogP contribution in [0.4, 0.5) is 0 Å². The molecule has 1 unspecified atom stereocenters. The molecule has 21 heavy (non-hydrogen) atoms. The Balaban J connectivity index is 1.76. The number of hydrogen-bond acceptors (Lipinski definition) is 3. The molecule has 1 aliphatic rings. The Morgan fingerprint density at radius 2 is 2.10 bits per heavy atom. The van der Waals surface area contributed by atoms with E-state index in [-0.39, 0.29) is 5.41 Å². The van der Waals surface area contributed by atoms with Crippen LogP contribution < -0.4 is 0 Å². The van der Waals surface area contributed by atoms with Gasteiger partial charge in [-0.15, -0.1) is 11.3 Å². The maximum Gasteiger partial charge on any atom is 0.144 e. The number of aromatic nitrogens is 3. The summed E-state index contributed by atoms with van der Waals surface area (Å²) in [7, 11) is 0. The second kappa shape index (κ2) is 4.67. The summed E-state index contributed by atoms with van der Waals surface area (Å²) in [5.74, 6) is 0. The van der Waals surface area contributed by atoms with Crippen molar-refractivity contribution in [3.05, 3.63) is 64.8 Å². The lowest BCUT2D eigenvalue weighted by Crippen LogP contribution is -2.25. The Morgan fingerprint density at radius 3 is 2.86 bits per heavy atom. The minimum atomic E-state index is 0.0148. The number of H-pyrrole nitrogens is 1. The van der Waals surface area contributed by atoms with Crippen LogP contribution in [0.2, 0.25) is 0 Å². The van der Waals surface area contributed by atoms with Gasteiger partial charge in [0.15, 0.2) is 0 Å². The van der Waals surface area contributed by atoms with Crippen LogP contribution in [0.25, 0.3) is 16.8 Å². The molecule has 3 aromatic rings. The summed E-state index contributed by atoms with van der Waals surface area (Å²) >= 11 is 1.62. The third-order valence-electron chi connectivity index (χ3n) is 4.11. The molecule has 0 saturated carbocycles. The summed E-state index contributed by atoms with van der Waals surface area (Å²) in [4.78, 5) is 4.36. The topological polar surface area (TPSA) is 41.6 Å². The lowest BCUT2D eigenvalue weighted by atomic mass is 9.75. The highest BCUT2D eigenvalue weighted by Gasteiger charge is 2.30. The van der Waals surface area contributed by atoms with E-state index < -0.39 is 0 Å². The van der Waals surface area contributed by atoms with Crippen molar-refractivity contribution >= 4 is 17.4 Å². The number of nitrogens with zero attached hydrogens (tertiary/aromatic N) is 2. The first kappa shape index (κ1) is 12.5. The molecule has 0 amide bonds. The summed E-state index contributed by atoms with van der Waals surface area (Å²) in [5.41, 5.74) is 4.68. The van der Waals surface area contributed by atoms with Crippen molar-refractivity contribution in [1.82, 2.24) is 15.2 Å². The summed E-state index contributed by atoms with van der Waals surface area (Å²) < 4.78 is 0. The maximum atomic E-state index is 4.47. The van der Waals surface area contributed by atoms with Crippen LogP contribution in [-0.4, -0.2) is 15.2 Å². The van der Waals surface area contributed by atoms with Gasteiger partial charge in [-0.1, -0.05) is 49.4 Å². The first-order chi connectivity index (χ1) is 10.3. The highest BCUT2D eigenvalue weighted by atomic mass is 32.1. The molecule has 2 heterocycles. The number of rotatable bonds is 2. The first-order valence-corrected chi connectivity index (χ1v) is 7.86. The summed E-state index contributed by atoms with van der Waals surface area (Å²) in [5, 5.41) is 10.6. The zero-order valence-electron chi connectivity index (χ0n) is 11.7. The van der Waals surface area contributed by atoms with Crippen molar-refractivity contribution in [2.24, 2.45) is 0 Å². The average Bonchev–Trinajstić information content (AvgIpc) is 3.16. The zero-order valence-corrected chi connectivity index (χ0v) is 12.5. The maximum absolute atomic E-state index is 4.47. The van der Waals surface area contributed by atoms with Crippen LogP contribution >= 0.6 is 11.3 Å². The van der Waals surface area contributed by atoms with Gasteiger partial charge in [0.25, 0.3) is 0 Å². The number of hydrogen-bond donors (Lipinski definition) is 1. The van der Waals surface area contributed by atoms with Crippen LogP contribution in [0.15, 0.2) is 48.0 Å². The standard InChI is InChI=1S/C17H15N3S/c1-17(12-5-3-2-4-6-12)8-7-13-14(11-17)19-20-15(13)16-18-9-10-21-16/h2-10H,11H2,1H3,(H,19,20). The third kappa shape index (κ3) is 2.03. The van der Waals surface area contributed by atoms with Gasteiger partial charge in [0.1, 0.15) is 10.7 Å². The molecule has 2 aromatic heterocycles. The summed E-state index contributed by atoms with van der Waals surface area (Å²) in [6, 6.07) is 10.6. The van der Waals surface area contributed by atoms with Crippen LogP contribution in [0.5, 0.6) is 0 Å². The SMILES string of the molecule is CC1(c2ccccc2)C=Cc2c(-c3nccs3)n[nH]c2C1. The molecule has 0 bridgehead atoms. The molecule has 4 rings (SSSR count). The minimum Gasteiger partial charge on any atom is -0.281 e. The van der Waals surface area contributed by atoms with E-state index in [1.807, 2.05) is 11.6 Å². The van der Waals surface area contributed by atoms with Gasteiger partial charge in [0, 0.05) is 34.7 Å². The smallest absolute Gasteiger partial charge is 0.144 e. The third-order valence-corrected chi connectivity index (χ3v) is 4.89. The number of benzene rings is 1. The van der Waals surface area contributed by atoms with Crippen molar-refractivity contribution in [3.63, 3.8) is 0 Å². The molecule has 0 radical (unpaired) electrons. The fraction of sp³-hybridized carbons (Fsp3) is 0.176. The van der Waals surface area contributed by atoms with Gasteiger partial charge in [-0.2, -0.15) is 5.10 Å². The van der Waals surface area contributed by atoms with E-state index in [1.54, 1.807) is 11.3 Å². The molecule has 3 nitrogen and oxygen atoms in total. The van der Waals surface area contributed by atoms with E-state index in [9.17, 15) is 0 Å². The first-order valence-electron chi connectivity index (χ1n) is 6.98. The minimum absolute atomic E-state index is 0.0148. The summed E-state index contributed by atoms with van der Waals surface area (Å²) in [6.07, 6.45) is 7.23. The number of thiazole rings is 1. The van der Waals surface area contributed by atoms with Gasteiger partial charge < -0.3 is 0 Å². The molecular weight excluding hydrogens is 278 g/mol. The van der Waals surface area contributed by atoms with E-state index in [4.69, 9.17) is 0 Å². The fourth-order valence-corrected chi connectivity index (χ4v) is 3.55. The second-order valence-electron chi connectivity index (χ2n) is 5.60. The molecule has 4 heteroatoms. The predicted octanol–water partition coefficient (Wildman–Crippen LogP) is 4.06. The highest BCUT2D eigenvalue weighted by Crippen LogP contribution is 2.38. The largest absolute Gasteiger partial charge is 0.281 e. The van der Waals surface area contributed by atoms with E-state index >= 15 is 0 Å². The number of aromatic amines is 1. The quantitative estimate of drug-likeness (QED) is 0.774. The normalized spacial score (nSPS) is 20.4. The Labute approximate surface area is 127 Å². The van der Waals surface area contributed by atoms with Gasteiger partial charge in [-0.05, 0) is 5.56 Å². The van der Waals surface area contributed by atoms with Crippen molar-refractivity contribution < 1.29 is 0 Å². The Kier molecular flexibility index (Phi) is 2.79. The highest BCUT2D eigenvalue weighted by molar-refractivity contribution is 7.13. The van der Waals surface area contributed by atoms with E-state index in [0.717, 1.165) is 17.1 Å². The lowest BCUT2D eigenvalue weighted by molar-refractivity contribution is 0.577. The Bertz CT molecular complexity index is 787. The van der Waals surface area contributed by atoms with Crippen molar-refractivity contribution in [2.45, 2.75) is 18.8 Å².